The zero-order valence-electron chi connectivity index (χ0n) is 15.4. The van der Waals surface area contributed by atoms with Crippen LogP contribution in [0.2, 0.25) is 0 Å². The van der Waals surface area contributed by atoms with E-state index in [0.29, 0.717) is 0 Å². The first kappa shape index (κ1) is 16.8. The van der Waals surface area contributed by atoms with Crippen LogP contribution in [-0.4, -0.2) is 21.3 Å². The van der Waals surface area contributed by atoms with Crippen LogP contribution >= 0.6 is 0 Å². The van der Waals surface area contributed by atoms with Gasteiger partial charge in [0.15, 0.2) is 0 Å². The van der Waals surface area contributed by atoms with Crippen molar-refractivity contribution in [3.63, 3.8) is 0 Å². The van der Waals surface area contributed by atoms with Gasteiger partial charge in [0, 0.05) is 56.2 Å². The van der Waals surface area contributed by atoms with E-state index in [9.17, 15) is 0 Å². The molecule has 0 aliphatic carbocycles. The van der Waals surface area contributed by atoms with Crippen LogP contribution in [0.5, 0.6) is 0 Å². The number of anilines is 1. The molecule has 0 unspecified atom stereocenters. The minimum absolute atomic E-state index is 0.801. The van der Waals surface area contributed by atoms with Gasteiger partial charge in [0.25, 0.3) is 0 Å². The molecule has 0 saturated heterocycles. The summed E-state index contributed by atoms with van der Waals surface area (Å²) in [5.74, 6) is 1.09. The highest BCUT2D eigenvalue weighted by molar-refractivity contribution is 5.49. The second-order valence-corrected chi connectivity index (χ2v) is 6.91. The SMILES string of the molecule is Cc1c(CNCc2cccnc2N2CCc3ccccc3C2)cnn1C. The minimum Gasteiger partial charge on any atom is -0.352 e. The predicted molar refractivity (Wildman–Crippen MR) is 104 cm³/mol. The van der Waals surface area contributed by atoms with Crippen molar-refractivity contribution in [2.24, 2.45) is 7.05 Å². The van der Waals surface area contributed by atoms with Crippen LogP contribution < -0.4 is 10.2 Å². The lowest BCUT2D eigenvalue weighted by atomic mass is 9.99. The van der Waals surface area contributed by atoms with E-state index in [-0.39, 0.29) is 0 Å². The normalized spacial score (nSPS) is 13.7. The Morgan fingerprint density at radius 2 is 1.85 bits per heavy atom. The molecule has 0 fully saturated rings. The van der Waals surface area contributed by atoms with E-state index in [1.165, 1.54) is 27.9 Å². The fourth-order valence-electron chi connectivity index (χ4n) is 3.58. The molecule has 26 heavy (non-hydrogen) atoms. The third kappa shape index (κ3) is 3.35. The van der Waals surface area contributed by atoms with Gasteiger partial charge in [-0.25, -0.2) is 4.98 Å². The summed E-state index contributed by atoms with van der Waals surface area (Å²) in [5.41, 5.74) is 6.57. The lowest BCUT2D eigenvalue weighted by Crippen LogP contribution is -2.32. The van der Waals surface area contributed by atoms with Crippen LogP contribution in [0.1, 0.15) is 27.9 Å². The maximum atomic E-state index is 4.69. The molecule has 4 rings (SSSR count). The van der Waals surface area contributed by atoms with Gasteiger partial charge >= 0.3 is 0 Å². The summed E-state index contributed by atoms with van der Waals surface area (Å²) in [4.78, 5) is 7.09. The summed E-state index contributed by atoms with van der Waals surface area (Å²) < 4.78 is 1.91. The Bertz CT molecular complexity index is 899. The number of pyridine rings is 1. The third-order valence-electron chi connectivity index (χ3n) is 5.27. The Balaban J connectivity index is 1.46. The van der Waals surface area contributed by atoms with E-state index in [4.69, 9.17) is 4.98 Å². The van der Waals surface area contributed by atoms with Crippen LogP contribution in [0, 0.1) is 6.92 Å². The standard InChI is InChI=1S/C21H25N5/c1-16-20(14-24-25(16)2)13-22-12-18-8-5-10-23-21(18)26-11-9-17-6-3-4-7-19(17)15-26/h3-8,10,14,22H,9,11-13,15H2,1-2H3. The summed E-state index contributed by atoms with van der Waals surface area (Å²) in [6.07, 6.45) is 4.91. The van der Waals surface area contributed by atoms with Crippen LogP contribution in [0.3, 0.4) is 0 Å². The van der Waals surface area contributed by atoms with Gasteiger partial charge < -0.3 is 10.2 Å². The van der Waals surface area contributed by atoms with Gasteiger partial charge in [-0.1, -0.05) is 30.3 Å². The van der Waals surface area contributed by atoms with E-state index in [0.717, 1.165) is 38.4 Å². The minimum atomic E-state index is 0.801. The molecule has 0 bridgehead atoms. The van der Waals surface area contributed by atoms with Crippen LogP contribution in [0.4, 0.5) is 5.82 Å². The zero-order valence-corrected chi connectivity index (χ0v) is 15.4. The number of nitrogens with zero attached hydrogens (tertiary/aromatic N) is 4. The molecule has 1 aliphatic rings. The van der Waals surface area contributed by atoms with Gasteiger partial charge in [-0.15, -0.1) is 0 Å². The molecule has 0 spiro atoms. The molecule has 3 heterocycles. The third-order valence-corrected chi connectivity index (χ3v) is 5.27. The van der Waals surface area contributed by atoms with Crippen molar-refractivity contribution in [2.75, 3.05) is 11.4 Å². The second-order valence-electron chi connectivity index (χ2n) is 6.91. The molecule has 2 aromatic heterocycles. The van der Waals surface area contributed by atoms with Crippen LogP contribution in [0.25, 0.3) is 0 Å². The molecule has 5 heteroatoms. The molecular formula is C21H25N5. The molecule has 5 nitrogen and oxygen atoms in total. The predicted octanol–water partition coefficient (Wildman–Crippen LogP) is 2.98. The number of aromatic nitrogens is 3. The van der Waals surface area contributed by atoms with Crippen molar-refractivity contribution in [1.82, 2.24) is 20.1 Å². The quantitative estimate of drug-likeness (QED) is 0.771. The molecule has 134 valence electrons. The fraction of sp³-hybridized carbons (Fsp3) is 0.333. The molecule has 1 aromatic carbocycles. The van der Waals surface area contributed by atoms with E-state index in [1.54, 1.807) is 0 Å². The highest BCUT2D eigenvalue weighted by Gasteiger charge is 2.19. The number of rotatable bonds is 5. The summed E-state index contributed by atoms with van der Waals surface area (Å²) in [7, 11) is 1.98. The summed E-state index contributed by atoms with van der Waals surface area (Å²) >= 11 is 0. The van der Waals surface area contributed by atoms with Gasteiger partial charge in [0.1, 0.15) is 5.82 Å². The Labute approximate surface area is 154 Å². The van der Waals surface area contributed by atoms with Crippen LogP contribution in [-0.2, 0) is 33.1 Å². The largest absolute Gasteiger partial charge is 0.352 e. The Hall–Kier alpha value is -2.66. The van der Waals surface area contributed by atoms with Crippen molar-refractivity contribution in [2.45, 2.75) is 33.0 Å². The average Bonchev–Trinajstić information content (AvgIpc) is 3.00. The van der Waals surface area contributed by atoms with Crippen molar-refractivity contribution < 1.29 is 0 Å². The van der Waals surface area contributed by atoms with Gasteiger partial charge in [-0.05, 0) is 30.5 Å². The van der Waals surface area contributed by atoms with E-state index < -0.39 is 0 Å². The Morgan fingerprint density at radius 3 is 2.65 bits per heavy atom. The number of benzene rings is 1. The highest BCUT2D eigenvalue weighted by Crippen LogP contribution is 2.25. The van der Waals surface area contributed by atoms with Gasteiger partial charge in [-0.2, -0.15) is 5.10 Å². The summed E-state index contributed by atoms with van der Waals surface area (Å²) in [6.45, 7) is 5.67. The lowest BCUT2D eigenvalue weighted by molar-refractivity contribution is 0.668. The highest BCUT2D eigenvalue weighted by atomic mass is 15.3. The molecular weight excluding hydrogens is 322 g/mol. The molecule has 3 aromatic rings. The number of aryl methyl sites for hydroxylation is 1. The second kappa shape index (κ2) is 7.30. The molecule has 1 N–H and O–H groups in total. The monoisotopic (exact) mass is 347 g/mol. The first-order valence-corrected chi connectivity index (χ1v) is 9.16. The number of hydrogen-bond donors (Lipinski definition) is 1. The van der Waals surface area contributed by atoms with Gasteiger partial charge in [0.05, 0.1) is 6.20 Å². The maximum Gasteiger partial charge on any atom is 0.133 e. The smallest absolute Gasteiger partial charge is 0.133 e. The first-order chi connectivity index (χ1) is 12.7. The van der Waals surface area contributed by atoms with Gasteiger partial charge in [-0.3, -0.25) is 4.68 Å². The summed E-state index contributed by atoms with van der Waals surface area (Å²) in [6, 6.07) is 12.9. The van der Waals surface area contributed by atoms with E-state index in [1.807, 2.05) is 30.2 Å². The molecule has 0 radical (unpaired) electrons. The van der Waals surface area contributed by atoms with Crippen molar-refractivity contribution >= 4 is 5.82 Å². The Morgan fingerprint density at radius 1 is 1.04 bits per heavy atom. The molecule has 0 amide bonds. The van der Waals surface area contributed by atoms with E-state index in [2.05, 4.69) is 52.6 Å². The maximum absolute atomic E-state index is 4.69. The first-order valence-electron chi connectivity index (χ1n) is 9.16. The zero-order chi connectivity index (χ0) is 17.9. The fourth-order valence-corrected chi connectivity index (χ4v) is 3.58. The number of fused-ring (bicyclic) bond motifs is 1. The average molecular weight is 347 g/mol. The number of nitrogens with one attached hydrogen (secondary N) is 1. The van der Waals surface area contributed by atoms with Crippen molar-refractivity contribution in [3.8, 4) is 0 Å². The summed E-state index contributed by atoms with van der Waals surface area (Å²) in [5, 5.41) is 7.86. The molecule has 1 aliphatic heterocycles. The van der Waals surface area contributed by atoms with Crippen molar-refractivity contribution in [3.05, 3.63) is 76.7 Å². The number of hydrogen-bond acceptors (Lipinski definition) is 4. The van der Waals surface area contributed by atoms with E-state index >= 15 is 0 Å². The Kier molecular flexibility index (Phi) is 4.71. The lowest BCUT2D eigenvalue weighted by Gasteiger charge is -2.31. The topological polar surface area (TPSA) is 46.0 Å². The van der Waals surface area contributed by atoms with Gasteiger partial charge in [0.2, 0.25) is 0 Å². The molecule has 0 saturated carbocycles. The van der Waals surface area contributed by atoms with Crippen molar-refractivity contribution in [1.29, 1.82) is 0 Å². The van der Waals surface area contributed by atoms with Crippen LogP contribution in [0.15, 0.2) is 48.8 Å². The molecule has 0 atom stereocenters.